The van der Waals surface area contributed by atoms with Gasteiger partial charge in [0.1, 0.15) is 0 Å². The van der Waals surface area contributed by atoms with Crippen molar-refractivity contribution in [2.45, 2.75) is 26.3 Å². The molecule has 0 aliphatic carbocycles. The molecule has 1 aliphatic rings. The average molecular weight is 415 g/mol. The van der Waals surface area contributed by atoms with E-state index in [4.69, 9.17) is 4.52 Å². The molecule has 1 N–H and O–H groups in total. The van der Waals surface area contributed by atoms with Crippen molar-refractivity contribution in [2.24, 2.45) is 5.92 Å². The second-order valence-electron chi connectivity index (χ2n) is 6.87. The first-order valence-electron chi connectivity index (χ1n) is 9.37. The number of aromatic nitrogens is 5. The van der Waals surface area contributed by atoms with E-state index in [0.29, 0.717) is 43.6 Å². The van der Waals surface area contributed by atoms with Crippen LogP contribution in [0.3, 0.4) is 0 Å². The molecule has 10 nitrogen and oxygen atoms in total. The van der Waals surface area contributed by atoms with Crippen molar-refractivity contribution in [2.75, 3.05) is 19.6 Å². The van der Waals surface area contributed by atoms with Gasteiger partial charge in [-0.15, -0.1) is 16.4 Å². The van der Waals surface area contributed by atoms with E-state index in [2.05, 4.69) is 31.8 Å². The van der Waals surface area contributed by atoms with Gasteiger partial charge in [-0.3, -0.25) is 9.59 Å². The zero-order chi connectivity index (χ0) is 20.2. The highest BCUT2D eigenvalue weighted by molar-refractivity contribution is 7.09. The van der Waals surface area contributed by atoms with Gasteiger partial charge in [-0.05, 0) is 24.8 Å². The Kier molecular flexibility index (Phi) is 5.65. The Morgan fingerprint density at radius 2 is 2.31 bits per heavy atom. The summed E-state index contributed by atoms with van der Waals surface area (Å²) in [4.78, 5) is 31.7. The van der Waals surface area contributed by atoms with Crippen LogP contribution in [-0.4, -0.2) is 61.5 Å². The second kappa shape index (κ2) is 8.52. The molecule has 0 spiro atoms. The number of thiophene rings is 1. The van der Waals surface area contributed by atoms with Crippen LogP contribution in [-0.2, 0) is 22.6 Å². The first-order valence-corrected chi connectivity index (χ1v) is 10.2. The quantitative estimate of drug-likeness (QED) is 0.581. The van der Waals surface area contributed by atoms with Crippen molar-refractivity contribution in [3.63, 3.8) is 0 Å². The molecule has 4 rings (SSSR count). The SMILES string of the molecule is Cc1noc(-c2cn(CCNC(=O)[C@H]3CC(=O)N(CCc4cccs4)C3)nn2)n1. The number of likely N-dealkylation sites (tertiary alicyclic amines) is 1. The van der Waals surface area contributed by atoms with Gasteiger partial charge < -0.3 is 14.7 Å². The van der Waals surface area contributed by atoms with Gasteiger partial charge in [-0.1, -0.05) is 16.4 Å². The number of aryl methyl sites for hydroxylation is 1. The van der Waals surface area contributed by atoms with E-state index in [0.717, 1.165) is 6.42 Å². The minimum absolute atomic E-state index is 0.0393. The maximum Gasteiger partial charge on any atom is 0.280 e. The monoisotopic (exact) mass is 415 g/mol. The molecular formula is C18H21N7O3S. The number of amides is 2. The molecule has 152 valence electrons. The van der Waals surface area contributed by atoms with E-state index in [-0.39, 0.29) is 24.2 Å². The van der Waals surface area contributed by atoms with E-state index in [9.17, 15) is 9.59 Å². The topological polar surface area (TPSA) is 119 Å². The van der Waals surface area contributed by atoms with Crippen molar-refractivity contribution >= 4 is 23.2 Å². The minimum atomic E-state index is -0.307. The van der Waals surface area contributed by atoms with Crippen LogP contribution in [0.2, 0.25) is 0 Å². The third-order valence-electron chi connectivity index (χ3n) is 4.72. The van der Waals surface area contributed by atoms with Crippen LogP contribution in [0.25, 0.3) is 11.6 Å². The van der Waals surface area contributed by atoms with Crippen LogP contribution in [0, 0.1) is 12.8 Å². The van der Waals surface area contributed by atoms with Crippen molar-refractivity contribution in [3.05, 3.63) is 34.4 Å². The molecule has 0 bridgehead atoms. The molecule has 29 heavy (non-hydrogen) atoms. The molecule has 0 unspecified atom stereocenters. The lowest BCUT2D eigenvalue weighted by Gasteiger charge is -2.16. The molecule has 1 atom stereocenters. The molecule has 0 aromatic carbocycles. The van der Waals surface area contributed by atoms with Crippen molar-refractivity contribution in [1.29, 1.82) is 0 Å². The maximum absolute atomic E-state index is 12.4. The summed E-state index contributed by atoms with van der Waals surface area (Å²) < 4.78 is 6.65. The van der Waals surface area contributed by atoms with Gasteiger partial charge in [0.15, 0.2) is 11.5 Å². The number of rotatable bonds is 8. The normalized spacial score (nSPS) is 16.5. The lowest BCUT2D eigenvalue weighted by Crippen LogP contribution is -2.35. The summed E-state index contributed by atoms with van der Waals surface area (Å²) in [5, 5.41) is 16.6. The van der Waals surface area contributed by atoms with Crippen LogP contribution >= 0.6 is 11.3 Å². The summed E-state index contributed by atoms with van der Waals surface area (Å²) in [6.07, 6.45) is 2.77. The largest absolute Gasteiger partial charge is 0.354 e. The molecule has 4 heterocycles. The molecule has 2 amide bonds. The highest BCUT2D eigenvalue weighted by atomic mass is 32.1. The highest BCUT2D eigenvalue weighted by Gasteiger charge is 2.33. The Hall–Kier alpha value is -3.08. The number of hydrogen-bond donors (Lipinski definition) is 1. The summed E-state index contributed by atoms with van der Waals surface area (Å²) in [7, 11) is 0. The van der Waals surface area contributed by atoms with Crippen molar-refractivity contribution < 1.29 is 14.1 Å². The zero-order valence-corrected chi connectivity index (χ0v) is 16.8. The Morgan fingerprint density at radius 3 is 3.07 bits per heavy atom. The third kappa shape index (κ3) is 4.67. The third-order valence-corrected chi connectivity index (χ3v) is 5.66. The standard InChI is InChI=1S/C18H21N7O3S/c1-12-20-18(28-22-12)15-11-25(23-21-15)7-5-19-17(27)13-9-16(26)24(10-13)6-4-14-3-2-8-29-14/h2-3,8,11,13H,4-7,9-10H2,1H3,(H,19,27)/t13-/m0/s1. The Bertz CT molecular complexity index is 981. The molecule has 1 aliphatic heterocycles. The summed E-state index contributed by atoms with van der Waals surface area (Å²) in [6, 6.07) is 4.06. The molecule has 0 radical (unpaired) electrons. The minimum Gasteiger partial charge on any atom is -0.354 e. The summed E-state index contributed by atoms with van der Waals surface area (Å²) in [6.45, 7) is 3.70. The molecule has 3 aromatic heterocycles. The lowest BCUT2D eigenvalue weighted by molar-refractivity contribution is -0.129. The van der Waals surface area contributed by atoms with E-state index < -0.39 is 0 Å². The molecule has 3 aromatic rings. The smallest absolute Gasteiger partial charge is 0.280 e. The molecular weight excluding hydrogens is 394 g/mol. The Morgan fingerprint density at radius 1 is 1.41 bits per heavy atom. The summed E-state index contributed by atoms with van der Waals surface area (Å²) in [5.41, 5.74) is 0.486. The first-order chi connectivity index (χ1) is 14.1. The zero-order valence-electron chi connectivity index (χ0n) is 15.9. The predicted octanol–water partition coefficient (Wildman–Crippen LogP) is 0.905. The van der Waals surface area contributed by atoms with Crippen molar-refractivity contribution in [1.82, 2.24) is 35.4 Å². The molecule has 1 fully saturated rings. The van der Waals surface area contributed by atoms with Gasteiger partial charge in [0.2, 0.25) is 11.8 Å². The maximum atomic E-state index is 12.4. The predicted molar refractivity (Wildman–Crippen MR) is 104 cm³/mol. The number of carbonyl (C=O) groups excluding carboxylic acids is 2. The van der Waals surface area contributed by atoms with Crippen LogP contribution < -0.4 is 5.32 Å². The first kappa shape index (κ1) is 19.2. The van der Waals surface area contributed by atoms with Gasteiger partial charge >= 0.3 is 0 Å². The van der Waals surface area contributed by atoms with Crippen LogP contribution in [0.4, 0.5) is 0 Å². The fourth-order valence-corrected chi connectivity index (χ4v) is 3.91. The van der Waals surface area contributed by atoms with Gasteiger partial charge in [0.05, 0.1) is 18.7 Å². The molecule has 0 saturated carbocycles. The summed E-state index contributed by atoms with van der Waals surface area (Å²) >= 11 is 1.68. The Balaban J connectivity index is 1.22. The second-order valence-corrected chi connectivity index (χ2v) is 7.91. The lowest BCUT2D eigenvalue weighted by atomic mass is 10.1. The number of hydrogen-bond acceptors (Lipinski definition) is 8. The van der Waals surface area contributed by atoms with Gasteiger partial charge in [0, 0.05) is 30.9 Å². The van der Waals surface area contributed by atoms with E-state index >= 15 is 0 Å². The Labute approximate surface area is 170 Å². The van der Waals surface area contributed by atoms with E-state index in [1.54, 1.807) is 34.0 Å². The molecule has 1 saturated heterocycles. The van der Waals surface area contributed by atoms with Crippen LogP contribution in [0.1, 0.15) is 17.1 Å². The fourth-order valence-electron chi connectivity index (χ4n) is 3.21. The number of nitrogens with zero attached hydrogens (tertiary/aromatic N) is 6. The van der Waals surface area contributed by atoms with Gasteiger partial charge in [-0.2, -0.15) is 4.98 Å². The van der Waals surface area contributed by atoms with E-state index in [1.165, 1.54) is 4.88 Å². The highest BCUT2D eigenvalue weighted by Crippen LogP contribution is 2.19. The molecule has 11 heteroatoms. The van der Waals surface area contributed by atoms with Gasteiger partial charge in [0.25, 0.3) is 5.89 Å². The van der Waals surface area contributed by atoms with Gasteiger partial charge in [-0.25, -0.2) is 4.68 Å². The number of nitrogens with one attached hydrogen (secondary N) is 1. The van der Waals surface area contributed by atoms with Crippen molar-refractivity contribution in [3.8, 4) is 11.6 Å². The van der Waals surface area contributed by atoms with Crippen LogP contribution in [0.15, 0.2) is 28.2 Å². The fraction of sp³-hybridized carbons (Fsp3) is 0.444. The summed E-state index contributed by atoms with van der Waals surface area (Å²) in [5.74, 6) is 0.461. The number of carbonyl (C=O) groups is 2. The average Bonchev–Trinajstić information content (AvgIpc) is 3.48. The van der Waals surface area contributed by atoms with Crippen LogP contribution in [0.5, 0.6) is 0 Å². The van der Waals surface area contributed by atoms with E-state index in [1.807, 2.05) is 11.4 Å².